The van der Waals surface area contributed by atoms with Crippen LogP contribution in [0.3, 0.4) is 0 Å². The lowest BCUT2D eigenvalue weighted by Gasteiger charge is -2.09. The van der Waals surface area contributed by atoms with Gasteiger partial charge in [-0.1, -0.05) is 60.2 Å². The van der Waals surface area contributed by atoms with Crippen molar-refractivity contribution in [3.05, 3.63) is 101 Å². The number of ether oxygens (including phenoxy) is 1. The van der Waals surface area contributed by atoms with E-state index < -0.39 is 5.91 Å². The van der Waals surface area contributed by atoms with Gasteiger partial charge in [0.05, 0.1) is 6.21 Å². The number of hydrazone groups is 1. The van der Waals surface area contributed by atoms with E-state index in [2.05, 4.69) is 29.6 Å². The lowest BCUT2D eigenvalue weighted by Crippen LogP contribution is -2.16. The topological polar surface area (TPSA) is 63.8 Å². The first-order valence-corrected chi connectivity index (χ1v) is 9.28. The molecule has 0 bridgehead atoms. The molecule has 0 radical (unpaired) electrons. The average Bonchev–Trinajstić information content (AvgIpc) is 3.17. The fourth-order valence-electron chi connectivity index (χ4n) is 2.99. The van der Waals surface area contributed by atoms with Gasteiger partial charge in [-0.2, -0.15) is 5.10 Å². The number of amides is 1. The summed E-state index contributed by atoms with van der Waals surface area (Å²) in [6.07, 6.45) is 1.56. The number of hydrogen-bond donors (Lipinski definition) is 1. The van der Waals surface area contributed by atoms with E-state index >= 15 is 0 Å². The molecule has 0 aliphatic carbocycles. The van der Waals surface area contributed by atoms with E-state index in [4.69, 9.17) is 9.15 Å². The van der Waals surface area contributed by atoms with E-state index in [9.17, 15) is 4.79 Å². The summed E-state index contributed by atoms with van der Waals surface area (Å²) in [5, 5.41) is 4.93. The number of carbonyl (C=O) groups excluding carboxylic acids is 1. The average molecular weight is 384 g/mol. The number of hydrogen-bond acceptors (Lipinski definition) is 4. The minimum atomic E-state index is -0.407. The zero-order chi connectivity index (χ0) is 20.1. The number of benzene rings is 3. The first-order valence-electron chi connectivity index (χ1n) is 9.28. The number of nitrogens with zero attached hydrogens (tertiary/aromatic N) is 1. The molecule has 0 unspecified atom stereocenters. The van der Waals surface area contributed by atoms with E-state index in [0.717, 1.165) is 16.5 Å². The Balaban J connectivity index is 1.42. The van der Waals surface area contributed by atoms with Gasteiger partial charge >= 0.3 is 5.91 Å². The van der Waals surface area contributed by atoms with Crippen molar-refractivity contribution >= 4 is 23.1 Å². The number of rotatable bonds is 6. The number of aryl methyl sites for hydroxylation is 1. The van der Waals surface area contributed by atoms with Crippen molar-refractivity contribution in [1.82, 2.24) is 5.43 Å². The number of nitrogens with one attached hydrogen (secondary N) is 1. The Bertz CT molecular complexity index is 1140. The van der Waals surface area contributed by atoms with E-state index in [1.54, 1.807) is 12.3 Å². The molecule has 0 saturated carbocycles. The molecule has 0 spiro atoms. The number of para-hydroxylation sites is 2. The van der Waals surface area contributed by atoms with Gasteiger partial charge in [0.2, 0.25) is 0 Å². The standard InChI is InChI=1S/C24H20N2O3/c1-17-7-6-8-18(13-17)16-28-21-11-4-3-10-20(21)15-25-26-24(27)23-14-19-9-2-5-12-22(19)29-23/h2-15H,16H2,1H3,(H,26,27)/b25-15+. The highest BCUT2D eigenvalue weighted by atomic mass is 16.5. The number of carbonyl (C=O) groups is 1. The van der Waals surface area contributed by atoms with Gasteiger partial charge in [-0.05, 0) is 36.8 Å². The van der Waals surface area contributed by atoms with E-state index in [0.29, 0.717) is 17.9 Å². The van der Waals surface area contributed by atoms with Gasteiger partial charge in [-0.25, -0.2) is 5.43 Å². The van der Waals surface area contributed by atoms with Crippen LogP contribution in [0, 0.1) is 6.92 Å². The van der Waals surface area contributed by atoms with Gasteiger partial charge in [0, 0.05) is 10.9 Å². The monoisotopic (exact) mass is 384 g/mol. The predicted molar refractivity (Wildman–Crippen MR) is 113 cm³/mol. The highest BCUT2D eigenvalue weighted by Crippen LogP contribution is 2.19. The van der Waals surface area contributed by atoms with Crippen molar-refractivity contribution in [2.75, 3.05) is 0 Å². The van der Waals surface area contributed by atoms with E-state index in [1.165, 1.54) is 5.56 Å². The van der Waals surface area contributed by atoms with Crippen LogP contribution in [0.4, 0.5) is 0 Å². The zero-order valence-electron chi connectivity index (χ0n) is 16.0. The quantitative estimate of drug-likeness (QED) is 0.372. The maximum atomic E-state index is 12.3. The normalized spacial score (nSPS) is 11.1. The first-order chi connectivity index (χ1) is 14.2. The van der Waals surface area contributed by atoms with Gasteiger partial charge in [0.25, 0.3) is 0 Å². The molecule has 0 atom stereocenters. The molecule has 3 aromatic carbocycles. The Morgan fingerprint density at radius 3 is 2.72 bits per heavy atom. The molecule has 5 heteroatoms. The molecule has 144 valence electrons. The van der Waals surface area contributed by atoms with Crippen molar-refractivity contribution < 1.29 is 13.9 Å². The fraction of sp³-hybridized carbons (Fsp3) is 0.0833. The lowest BCUT2D eigenvalue weighted by atomic mass is 10.1. The summed E-state index contributed by atoms with van der Waals surface area (Å²) in [7, 11) is 0. The van der Waals surface area contributed by atoms with Crippen LogP contribution in [0.2, 0.25) is 0 Å². The van der Waals surface area contributed by atoms with Crippen LogP contribution in [0.5, 0.6) is 5.75 Å². The van der Waals surface area contributed by atoms with Gasteiger partial charge in [0.15, 0.2) is 5.76 Å². The van der Waals surface area contributed by atoms with E-state index in [1.807, 2.05) is 60.7 Å². The molecule has 0 aliphatic rings. The number of furan rings is 1. The van der Waals surface area contributed by atoms with Crippen LogP contribution >= 0.6 is 0 Å². The minimum absolute atomic E-state index is 0.215. The smallest absolute Gasteiger partial charge is 0.307 e. The van der Waals surface area contributed by atoms with Gasteiger partial charge in [-0.15, -0.1) is 0 Å². The summed E-state index contributed by atoms with van der Waals surface area (Å²) < 4.78 is 11.5. The van der Waals surface area contributed by atoms with Crippen molar-refractivity contribution in [3.8, 4) is 5.75 Å². The third kappa shape index (κ3) is 4.52. The van der Waals surface area contributed by atoms with Gasteiger partial charge in [-0.3, -0.25) is 4.79 Å². The molecule has 1 heterocycles. The van der Waals surface area contributed by atoms with Crippen LogP contribution < -0.4 is 10.2 Å². The van der Waals surface area contributed by atoms with Crippen molar-refractivity contribution in [3.63, 3.8) is 0 Å². The molecule has 4 rings (SSSR count). The molecule has 0 fully saturated rings. The molecule has 5 nitrogen and oxygen atoms in total. The summed E-state index contributed by atoms with van der Waals surface area (Å²) in [5.74, 6) is 0.499. The second kappa shape index (κ2) is 8.44. The Morgan fingerprint density at radius 2 is 1.86 bits per heavy atom. The molecule has 29 heavy (non-hydrogen) atoms. The van der Waals surface area contributed by atoms with Crippen LogP contribution in [0.15, 0.2) is 88.4 Å². The SMILES string of the molecule is Cc1cccc(COc2ccccc2/C=N/NC(=O)c2cc3ccccc3o2)c1. The van der Waals surface area contributed by atoms with Crippen LogP contribution in [0.1, 0.15) is 27.2 Å². The summed E-state index contributed by atoms with van der Waals surface area (Å²) in [4.78, 5) is 12.3. The van der Waals surface area contributed by atoms with E-state index in [-0.39, 0.29) is 5.76 Å². The van der Waals surface area contributed by atoms with Gasteiger partial charge < -0.3 is 9.15 Å². The van der Waals surface area contributed by atoms with Gasteiger partial charge in [0.1, 0.15) is 17.9 Å². The third-order valence-electron chi connectivity index (χ3n) is 4.41. The van der Waals surface area contributed by atoms with Crippen molar-refractivity contribution in [1.29, 1.82) is 0 Å². The second-order valence-corrected chi connectivity index (χ2v) is 6.66. The van der Waals surface area contributed by atoms with Crippen molar-refractivity contribution in [2.45, 2.75) is 13.5 Å². The number of fused-ring (bicyclic) bond motifs is 1. The van der Waals surface area contributed by atoms with Crippen molar-refractivity contribution in [2.24, 2.45) is 5.10 Å². The second-order valence-electron chi connectivity index (χ2n) is 6.66. The Labute approximate surface area is 168 Å². The molecule has 4 aromatic rings. The molecule has 1 amide bonds. The van der Waals surface area contributed by atoms with Crippen LogP contribution in [-0.4, -0.2) is 12.1 Å². The Kier molecular flexibility index (Phi) is 5.38. The highest BCUT2D eigenvalue weighted by molar-refractivity contribution is 5.96. The molecule has 0 aliphatic heterocycles. The Morgan fingerprint density at radius 1 is 1.03 bits per heavy atom. The zero-order valence-corrected chi connectivity index (χ0v) is 16.0. The first kappa shape index (κ1) is 18.5. The third-order valence-corrected chi connectivity index (χ3v) is 4.41. The fourth-order valence-corrected chi connectivity index (χ4v) is 2.99. The summed E-state index contributed by atoms with van der Waals surface area (Å²) in [5.41, 5.74) is 6.21. The molecular formula is C24H20N2O3. The summed E-state index contributed by atoms with van der Waals surface area (Å²) in [6, 6.07) is 24.9. The maximum Gasteiger partial charge on any atom is 0.307 e. The summed E-state index contributed by atoms with van der Waals surface area (Å²) in [6.45, 7) is 2.51. The van der Waals surface area contributed by atoms with Crippen LogP contribution in [0.25, 0.3) is 11.0 Å². The maximum absolute atomic E-state index is 12.3. The largest absolute Gasteiger partial charge is 0.488 e. The van der Waals surface area contributed by atoms with Crippen LogP contribution in [-0.2, 0) is 6.61 Å². The highest BCUT2D eigenvalue weighted by Gasteiger charge is 2.11. The molecule has 1 N–H and O–H groups in total. The predicted octanol–water partition coefficient (Wildman–Crippen LogP) is 5.08. The Hall–Kier alpha value is -3.86. The molecule has 1 aromatic heterocycles. The summed E-state index contributed by atoms with van der Waals surface area (Å²) >= 11 is 0. The lowest BCUT2D eigenvalue weighted by molar-refractivity contribution is 0.0929. The minimum Gasteiger partial charge on any atom is -0.488 e. The molecule has 0 saturated heterocycles. The molecular weight excluding hydrogens is 364 g/mol.